The first-order valence-corrected chi connectivity index (χ1v) is 6.56. The monoisotopic (exact) mass is 242 g/mol. The fourth-order valence-electron chi connectivity index (χ4n) is 2.27. The Hall–Kier alpha value is -1.68. The lowest BCUT2D eigenvalue weighted by Crippen LogP contribution is -2.08. The molecule has 0 unspecified atom stereocenters. The molecule has 0 bridgehead atoms. The normalized spacial score (nSPS) is 15.0. The highest BCUT2D eigenvalue weighted by Crippen LogP contribution is 2.38. The third kappa shape index (κ3) is 1.93. The molecule has 0 atom stereocenters. The standard InChI is InChI=1S/C14H18N4/c1-2-10-3-5-11(6-4-10)14-17-16-13(9-15)18(14)12-7-8-12/h3-6,12H,2,7-9,15H2,1H3. The van der Waals surface area contributed by atoms with Gasteiger partial charge >= 0.3 is 0 Å². The Labute approximate surface area is 107 Å². The lowest BCUT2D eigenvalue weighted by Gasteiger charge is -2.08. The average molecular weight is 242 g/mol. The number of aryl methyl sites for hydroxylation is 1. The van der Waals surface area contributed by atoms with Crippen LogP contribution in [0.1, 0.15) is 37.2 Å². The van der Waals surface area contributed by atoms with E-state index in [4.69, 9.17) is 5.73 Å². The van der Waals surface area contributed by atoms with Gasteiger partial charge in [0, 0.05) is 11.6 Å². The van der Waals surface area contributed by atoms with Crippen LogP contribution in [0.15, 0.2) is 24.3 Å². The first-order chi connectivity index (χ1) is 8.83. The molecule has 0 radical (unpaired) electrons. The van der Waals surface area contributed by atoms with Crippen molar-refractivity contribution in [1.82, 2.24) is 14.8 Å². The Kier molecular flexibility index (Phi) is 2.88. The van der Waals surface area contributed by atoms with Crippen molar-refractivity contribution in [3.05, 3.63) is 35.7 Å². The topological polar surface area (TPSA) is 56.7 Å². The molecule has 94 valence electrons. The fourth-order valence-corrected chi connectivity index (χ4v) is 2.27. The number of hydrogen-bond donors (Lipinski definition) is 1. The van der Waals surface area contributed by atoms with Crippen molar-refractivity contribution in [1.29, 1.82) is 0 Å². The smallest absolute Gasteiger partial charge is 0.164 e. The summed E-state index contributed by atoms with van der Waals surface area (Å²) in [5.74, 6) is 1.85. The zero-order chi connectivity index (χ0) is 12.5. The van der Waals surface area contributed by atoms with Crippen LogP contribution in [-0.2, 0) is 13.0 Å². The number of nitrogens with zero attached hydrogens (tertiary/aromatic N) is 3. The minimum Gasteiger partial charge on any atom is -0.324 e. The van der Waals surface area contributed by atoms with E-state index in [-0.39, 0.29) is 0 Å². The van der Waals surface area contributed by atoms with Gasteiger partial charge in [0.1, 0.15) is 5.82 Å². The first-order valence-electron chi connectivity index (χ1n) is 6.56. The van der Waals surface area contributed by atoms with E-state index in [1.807, 2.05) is 0 Å². The van der Waals surface area contributed by atoms with Crippen molar-refractivity contribution in [3.63, 3.8) is 0 Å². The summed E-state index contributed by atoms with van der Waals surface area (Å²) in [5, 5.41) is 8.51. The molecule has 0 saturated heterocycles. The molecular formula is C14H18N4. The van der Waals surface area contributed by atoms with Crippen molar-refractivity contribution in [2.45, 2.75) is 38.8 Å². The molecule has 0 amide bonds. The number of hydrogen-bond acceptors (Lipinski definition) is 3. The summed E-state index contributed by atoms with van der Waals surface area (Å²) in [6.07, 6.45) is 3.49. The van der Waals surface area contributed by atoms with E-state index in [2.05, 4.69) is 46.0 Å². The van der Waals surface area contributed by atoms with Gasteiger partial charge in [0.25, 0.3) is 0 Å². The molecule has 1 aromatic carbocycles. The van der Waals surface area contributed by atoms with Crippen LogP contribution in [0.5, 0.6) is 0 Å². The van der Waals surface area contributed by atoms with Gasteiger partial charge in [0.05, 0.1) is 6.54 Å². The van der Waals surface area contributed by atoms with Gasteiger partial charge in [-0.05, 0) is 24.8 Å². The molecule has 4 nitrogen and oxygen atoms in total. The largest absolute Gasteiger partial charge is 0.324 e. The molecule has 0 spiro atoms. The van der Waals surface area contributed by atoms with Gasteiger partial charge in [-0.25, -0.2) is 0 Å². The summed E-state index contributed by atoms with van der Waals surface area (Å²) < 4.78 is 2.21. The van der Waals surface area contributed by atoms with Crippen LogP contribution in [-0.4, -0.2) is 14.8 Å². The zero-order valence-electron chi connectivity index (χ0n) is 10.6. The molecule has 18 heavy (non-hydrogen) atoms. The van der Waals surface area contributed by atoms with Crippen LogP contribution in [0.4, 0.5) is 0 Å². The van der Waals surface area contributed by atoms with Gasteiger partial charge in [0.2, 0.25) is 0 Å². The van der Waals surface area contributed by atoms with Gasteiger partial charge in [-0.2, -0.15) is 0 Å². The summed E-state index contributed by atoms with van der Waals surface area (Å²) in [6, 6.07) is 9.12. The van der Waals surface area contributed by atoms with Gasteiger partial charge in [-0.1, -0.05) is 31.2 Å². The maximum absolute atomic E-state index is 5.73. The van der Waals surface area contributed by atoms with E-state index in [0.717, 1.165) is 23.6 Å². The number of benzene rings is 1. The molecule has 2 N–H and O–H groups in total. The predicted octanol–water partition coefficient (Wildman–Crippen LogP) is 2.30. The Balaban J connectivity index is 2.02. The molecule has 4 heteroatoms. The highest BCUT2D eigenvalue weighted by molar-refractivity contribution is 5.56. The third-order valence-electron chi connectivity index (χ3n) is 3.48. The highest BCUT2D eigenvalue weighted by atomic mass is 15.3. The Morgan fingerprint density at radius 2 is 1.94 bits per heavy atom. The summed E-state index contributed by atoms with van der Waals surface area (Å²) in [4.78, 5) is 0. The minimum absolute atomic E-state index is 0.455. The third-order valence-corrected chi connectivity index (χ3v) is 3.48. The second-order valence-corrected chi connectivity index (χ2v) is 4.80. The first kappa shape index (κ1) is 11.4. The van der Waals surface area contributed by atoms with Gasteiger partial charge in [-0.15, -0.1) is 10.2 Å². The Bertz CT molecular complexity index is 537. The maximum Gasteiger partial charge on any atom is 0.164 e. The van der Waals surface area contributed by atoms with E-state index in [1.165, 1.54) is 18.4 Å². The van der Waals surface area contributed by atoms with Crippen LogP contribution in [0.2, 0.25) is 0 Å². The molecule has 1 saturated carbocycles. The summed E-state index contributed by atoms with van der Waals surface area (Å²) in [7, 11) is 0. The molecule has 1 aromatic heterocycles. The quantitative estimate of drug-likeness (QED) is 0.895. The summed E-state index contributed by atoms with van der Waals surface area (Å²) >= 11 is 0. The molecule has 1 aliphatic rings. The van der Waals surface area contributed by atoms with Gasteiger partial charge in [0.15, 0.2) is 5.82 Å². The van der Waals surface area contributed by atoms with E-state index in [1.54, 1.807) is 0 Å². The van der Waals surface area contributed by atoms with E-state index in [0.29, 0.717) is 12.6 Å². The molecule has 1 aliphatic carbocycles. The lowest BCUT2D eigenvalue weighted by molar-refractivity contribution is 0.688. The fraction of sp³-hybridized carbons (Fsp3) is 0.429. The second kappa shape index (κ2) is 4.53. The van der Waals surface area contributed by atoms with Crippen molar-refractivity contribution in [2.75, 3.05) is 0 Å². The molecule has 1 heterocycles. The minimum atomic E-state index is 0.455. The van der Waals surface area contributed by atoms with E-state index in [9.17, 15) is 0 Å². The van der Waals surface area contributed by atoms with Gasteiger partial charge < -0.3 is 10.3 Å². The molecule has 1 fully saturated rings. The van der Waals surface area contributed by atoms with E-state index < -0.39 is 0 Å². The molecule has 2 aromatic rings. The molecular weight excluding hydrogens is 224 g/mol. The Morgan fingerprint density at radius 3 is 2.50 bits per heavy atom. The summed E-state index contributed by atoms with van der Waals surface area (Å²) in [5.41, 5.74) is 8.20. The predicted molar refractivity (Wildman–Crippen MR) is 71.0 cm³/mol. The van der Waals surface area contributed by atoms with Crippen molar-refractivity contribution in [3.8, 4) is 11.4 Å². The van der Waals surface area contributed by atoms with Gasteiger partial charge in [-0.3, -0.25) is 0 Å². The highest BCUT2D eigenvalue weighted by Gasteiger charge is 2.29. The SMILES string of the molecule is CCc1ccc(-c2nnc(CN)n2C2CC2)cc1. The zero-order valence-corrected chi connectivity index (χ0v) is 10.6. The van der Waals surface area contributed by atoms with Crippen LogP contribution in [0.3, 0.4) is 0 Å². The van der Waals surface area contributed by atoms with E-state index >= 15 is 0 Å². The van der Waals surface area contributed by atoms with Crippen molar-refractivity contribution >= 4 is 0 Å². The number of aromatic nitrogens is 3. The second-order valence-electron chi connectivity index (χ2n) is 4.80. The number of rotatable bonds is 4. The van der Waals surface area contributed by atoms with Crippen LogP contribution >= 0.6 is 0 Å². The number of nitrogens with two attached hydrogens (primary N) is 1. The van der Waals surface area contributed by atoms with Crippen molar-refractivity contribution < 1.29 is 0 Å². The summed E-state index contributed by atoms with van der Waals surface area (Å²) in [6.45, 7) is 2.62. The van der Waals surface area contributed by atoms with Crippen molar-refractivity contribution in [2.24, 2.45) is 5.73 Å². The van der Waals surface area contributed by atoms with Crippen LogP contribution in [0, 0.1) is 0 Å². The van der Waals surface area contributed by atoms with Crippen LogP contribution < -0.4 is 5.73 Å². The lowest BCUT2D eigenvalue weighted by atomic mass is 10.1. The average Bonchev–Trinajstić information content (AvgIpc) is 3.18. The van der Waals surface area contributed by atoms with Crippen LogP contribution in [0.25, 0.3) is 11.4 Å². The Morgan fingerprint density at radius 1 is 1.22 bits per heavy atom. The molecule has 0 aliphatic heterocycles. The maximum atomic E-state index is 5.73. The molecule has 3 rings (SSSR count).